The van der Waals surface area contributed by atoms with Crippen LogP contribution in [-0.4, -0.2) is 144 Å². The third-order valence-corrected chi connectivity index (χ3v) is 18.7. The topological polar surface area (TPSA) is 450 Å². The number of alkyl halides is 3. The summed E-state index contributed by atoms with van der Waals surface area (Å²) in [5.74, 6) is 2.18. The molecule has 3 atom stereocenters. The van der Waals surface area contributed by atoms with Crippen LogP contribution in [0.1, 0.15) is 177 Å². The first kappa shape index (κ1) is 96.4. The highest BCUT2D eigenvalue weighted by molar-refractivity contribution is 5.80. The molecule has 8 heterocycles. The summed E-state index contributed by atoms with van der Waals surface area (Å²) in [6.45, 7) is 25.3. The Kier molecular flexibility index (Phi) is 34.3. The van der Waals surface area contributed by atoms with Crippen molar-refractivity contribution in [3.8, 4) is 34.3 Å². The minimum absolute atomic E-state index is 0. The van der Waals surface area contributed by atoms with Gasteiger partial charge in [0.1, 0.15) is 80.8 Å². The van der Waals surface area contributed by atoms with Gasteiger partial charge in [-0.15, -0.1) is 0 Å². The first-order valence-electron chi connectivity index (χ1n) is 40.5. The third kappa shape index (κ3) is 27.0. The molecule has 0 spiro atoms. The normalized spacial score (nSPS) is 13.4. The quantitative estimate of drug-likeness (QED) is 0.0138. The molecule has 664 valence electrons. The Labute approximate surface area is 716 Å². The van der Waals surface area contributed by atoms with Crippen LogP contribution in [0.4, 0.5) is 49.4 Å². The van der Waals surface area contributed by atoms with Gasteiger partial charge in [0.2, 0.25) is 5.91 Å². The van der Waals surface area contributed by atoms with Gasteiger partial charge in [0.15, 0.2) is 0 Å². The van der Waals surface area contributed by atoms with Crippen LogP contribution in [0, 0.1) is 16.6 Å². The van der Waals surface area contributed by atoms with Crippen molar-refractivity contribution >= 4 is 41.6 Å². The number of rotatable bonds is 26. The van der Waals surface area contributed by atoms with Crippen LogP contribution in [0.5, 0.6) is 17.2 Å². The molecule has 37 heteroatoms. The monoisotopic (exact) mass is 1720 g/mol. The minimum Gasteiger partial charge on any atom is -0.494 e. The SMILES string of the molecule is CCOc1ccc(-n2c([C@@H](CNC(=O)OC(C)(C)C)N(Cc3cccnc3)C(=O)Cc3ccc(F)c(C(F)(F)F)c3)nc3c(c2=O)CCCN3)cc1.CCOc1ccc(-n2c([C@@H](CNC(=O)OC(C)(C)C)NCc3cccnc3)nc3c(c2=O)CCCN3)cc1.CCOc1ccc(-n2c([C@H](N)CNC(=O)OC(C)(C)C)nc3c(c2=O)CCCN3)cc1.N.N#N. The summed E-state index contributed by atoms with van der Waals surface area (Å²) >= 11 is 0. The van der Waals surface area contributed by atoms with Crippen molar-refractivity contribution in [2.45, 2.75) is 182 Å². The zero-order valence-electron chi connectivity index (χ0n) is 71.8. The molecule has 124 heavy (non-hydrogen) atoms. The molecule has 9 aromatic rings. The maximum Gasteiger partial charge on any atom is 0.419 e. The van der Waals surface area contributed by atoms with Gasteiger partial charge in [0, 0.05) is 87.9 Å². The summed E-state index contributed by atoms with van der Waals surface area (Å²) in [6, 6.07) is 28.4. The standard InChI is InChI=1S/C37H40F4N6O5.C28H36N6O4.C22H31N5O4.N2.H3N/c1-5-51-26-13-11-25(12-14-26)47-33(45-32-27(34(47)49)9-7-17-43-32)30(21-44-35(50)52-36(2,3)4)46(22-24-8-6-16-42-20-24)31(48)19-23-10-15-29(38)28(18-23)37(39,40)41;1-5-37-21-12-10-20(11-13-21)34-25(33-24-22(26(34)35)9-7-15-30-24)23(18-32-27(36)38-28(2,3)4)31-17-19-8-6-14-29-16-19;1-5-30-15-10-8-14(9-11-15)27-19(17(23)13-25-21(29)31-22(2,3)4)26-18-16(20(27)28)7-6-12-24-18;1-2;/h6,8,10-16,18,20,30,43H,5,7,9,17,19,21-22H2,1-4H3,(H,44,50);6,8,10-14,16,23,30-31H,5,7,9,15,17-18H2,1-4H3,(H,32,36);8-11,17,24H,5-7,12-13,23H2,1-4H3,(H,25,29);;1H3/t30-;23-;17-;;/m111../s1. The van der Waals surface area contributed by atoms with E-state index in [4.69, 9.17) is 54.9 Å². The Morgan fingerprint density at radius 3 is 1.31 bits per heavy atom. The van der Waals surface area contributed by atoms with Crippen molar-refractivity contribution in [3.63, 3.8) is 0 Å². The van der Waals surface area contributed by atoms with Crippen molar-refractivity contribution in [2.24, 2.45) is 5.73 Å². The molecule has 0 radical (unpaired) electrons. The molecule has 0 aliphatic carbocycles. The number of nitrogens with two attached hydrogens (primary N) is 1. The molecule has 33 nitrogen and oxygen atoms in total. The van der Waals surface area contributed by atoms with Gasteiger partial charge in [-0.2, -0.15) is 13.2 Å². The van der Waals surface area contributed by atoms with Crippen molar-refractivity contribution in [1.29, 1.82) is 10.8 Å². The smallest absolute Gasteiger partial charge is 0.419 e. The second-order valence-corrected chi connectivity index (χ2v) is 31.6. The first-order chi connectivity index (χ1) is 58.6. The summed E-state index contributed by atoms with van der Waals surface area (Å²) < 4.78 is 92.6. The molecule has 0 saturated carbocycles. The van der Waals surface area contributed by atoms with Crippen LogP contribution in [0.3, 0.4) is 0 Å². The Morgan fingerprint density at radius 2 is 0.911 bits per heavy atom. The molecule has 0 bridgehead atoms. The number of carbonyl (C=O) groups is 4. The zero-order valence-corrected chi connectivity index (χ0v) is 71.8. The summed E-state index contributed by atoms with van der Waals surface area (Å²) in [6.07, 6.45) is 3.16. The highest BCUT2D eigenvalue weighted by Crippen LogP contribution is 2.35. The Morgan fingerprint density at radius 1 is 0.524 bits per heavy atom. The van der Waals surface area contributed by atoms with Gasteiger partial charge in [-0.25, -0.2) is 33.7 Å². The number of pyridine rings is 2. The highest BCUT2D eigenvalue weighted by Gasteiger charge is 2.38. The second kappa shape index (κ2) is 44.1. The van der Waals surface area contributed by atoms with Gasteiger partial charge in [-0.3, -0.25) is 42.8 Å². The molecule has 3 aliphatic heterocycles. The molecule has 4 amide bonds. The number of hydrogen-bond donors (Lipinski definition) is 9. The Balaban J connectivity index is 0.000000235. The van der Waals surface area contributed by atoms with Crippen molar-refractivity contribution in [1.82, 2.24) is 70.9 Å². The lowest BCUT2D eigenvalue weighted by Crippen LogP contribution is -2.46. The predicted octanol–water partition coefficient (Wildman–Crippen LogP) is 12.8. The van der Waals surface area contributed by atoms with E-state index >= 15 is 0 Å². The number of hydrogen-bond acceptors (Lipinski definition) is 26. The fraction of sp³-hybridized carbons (Fsp3) is 0.425. The summed E-state index contributed by atoms with van der Waals surface area (Å²) in [5, 5.41) is 33.3. The van der Waals surface area contributed by atoms with Gasteiger partial charge >= 0.3 is 24.5 Å². The average molecular weight is 1720 g/mol. The van der Waals surface area contributed by atoms with Gasteiger partial charge < -0.3 is 82.4 Å². The number of halogens is 4. The maximum absolute atomic E-state index is 14.4. The lowest BCUT2D eigenvalue weighted by molar-refractivity contribution is -0.140. The lowest BCUT2D eigenvalue weighted by Gasteiger charge is -2.34. The van der Waals surface area contributed by atoms with Crippen LogP contribution in [-0.2, 0) is 64.0 Å². The van der Waals surface area contributed by atoms with Gasteiger partial charge in [-0.1, -0.05) is 18.2 Å². The molecule has 4 aromatic carbocycles. The molecule has 0 saturated heterocycles. The molecule has 0 fully saturated rings. The van der Waals surface area contributed by atoms with E-state index in [1.54, 1.807) is 119 Å². The molecule has 3 aliphatic rings. The number of fused-ring (bicyclic) bond motifs is 3. The Bertz CT molecular complexity index is 5280. The predicted molar refractivity (Wildman–Crippen MR) is 458 cm³/mol. The molecule has 12 rings (SSSR count). The number of carbonyl (C=O) groups excluding carboxylic acids is 4. The van der Waals surface area contributed by atoms with E-state index in [0.717, 1.165) is 43.3 Å². The van der Waals surface area contributed by atoms with Gasteiger partial charge in [-0.05, 0) is 235 Å². The number of nitrogens with one attached hydrogen (secondary N) is 7. The van der Waals surface area contributed by atoms with E-state index in [-0.39, 0.29) is 54.8 Å². The van der Waals surface area contributed by atoms with Gasteiger partial charge in [0.25, 0.3) is 16.7 Å². The maximum atomic E-state index is 14.4. The number of alkyl carbamates (subject to hydrolysis) is 3. The molecule has 0 unspecified atom stereocenters. The first-order valence-corrected chi connectivity index (χ1v) is 40.5. The minimum atomic E-state index is -4.99. The molecular weight excluding hydrogens is 1610 g/mol. The average Bonchev–Trinajstić information content (AvgIpc) is 0.762. The lowest BCUT2D eigenvalue weighted by atomic mass is 10.0. The van der Waals surface area contributed by atoms with E-state index in [2.05, 4.69) is 52.2 Å². The van der Waals surface area contributed by atoms with E-state index in [1.807, 2.05) is 77.9 Å². The zero-order chi connectivity index (χ0) is 89.3. The summed E-state index contributed by atoms with van der Waals surface area (Å²) in [7, 11) is 0. The number of ether oxygens (including phenoxy) is 6. The van der Waals surface area contributed by atoms with Crippen LogP contribution >= 0.6 is 0 Å². The molecule has 12 N–H and O–H groups in total. The summed E-state index contributed by atoms with van der Waals surface area (Å²) in [4.78, 5) is 118. The van der Waals surface area contributed by atoms with Crippen LogP contribution in [0.2, 0.25) is 0 Å². The van der Waals surface area contributed by atoms with E-state index < -0.39 is 88.7 Å². The number of aromatic nitrogens is 8. The number of nitrogens with zero attached hydrogens (tertiary/aromatic N) is 11. The fourth-order valence-electron chi connectivity index (χ4n) is 13.4. The van der Waals surface area contributed by atoms with Crippen LogP contribution in [0.25, 0.3) is 17.1 Å². The number of anilines is 3. The van der Waals surface area contributed by atoms with Crippen molar-refractivity contribution < 1.29 is 65.2 Å². The van der Waals surface area contributed by atoms with E-state index in [0.29, 0.717) is 151 Å². The van der Waals surface area contributed by atoms with Crippen molar-refractivity contribution in [2.75, 3.05) is 75.0 Å². The Hall–Kier alpha value is -13.1. The molecular formula is C87H110F4N20O13. The van der Waals surface area contributed by atoms with E-state index in [9.17, 15) is 51.1 Å². The second-order valence-electron chi connectivity index (χ2n) is 31.6. The molecule has 5 aromatic heterocycles. The third-order valence-electron chi connectivity index (χ3n) is 18.7. The largest absolute Gasteiger partial charge is 0.494 e. The number of benzene rings is 4. The van der Waals surface area contributed by atoms with Crippen LogP contribution < -0.4 is 80.0 Å². The highest BCUT2D eigenvalue weighted by atomic mass is 19.4. The number of amides is 4. The van der Waals surface area contributed by atoms with Crippen molar-refractivity contribution in [3.05, 3.63) is 233 Å². The van der Waals surface area contributed by atoms with Gasteiger partial charge in [0.05, 0.1) is 77.6 Å². The van der Waals surface area contributed by atoms with E-state index in [1.165, 1.54) is 26.4 Å². The van der Waals surface area contributed by atoms with Crippen LogP contribution in [0.15, 0.2) is 154 Å². The fourth-order valence-corrected chi connectivity index (χ4v) is 13.4. The summed E-state index contributed by atoms with van der Waals surface area (Å²) in [5.41, 5.74) is 6.86.